The summed E-state index contributed by atoms with van der Waals surface area (Å²) in [6.07, 6.45) is 0. The summed E-state index contributed by atoms with van der Waals surface area (Å²) in [6.45, 7) is 14.1. The molecule has 0 unspecified atom stereocenters. The Bertz CT molecular complexity index is 1800. The van der Waals surface area contributed by atoms with Crippen LogP contribution in [0.2, 0.25) is 0 Å². The predicted octanol–water partition coefficient (Wildman–Crippen LogP) is 6.66. The summed E-state index contributed by atoms with van der Waals surface area (Å²) in [4.78, 5) is 25.6. The molecule has 0 saturated carbocycles. The molecule has 0 saturated heterocycles. The standard InChI is InChI=1S/C23H11N9O2S4/c1-26-23(27-2)29-14-7-12(34-5)16(36-14)22-31-20-18(38-22)17-19(32(20)3)30-21(37-17)15-11(33-4)6-13(35-15)28-10(8-24)9-25/h6-7H,3-5H3. The maximum Gasteiger partial charge on any atom is 0.635 e. The lowest BCUT2D eigenvalue weighted by atomic mass is 10.4. The van der Waals surface area contributed by atoms with E-state index in [0.717, 1.165) is 40.5 Å². The van der Waals surface area contributed by atoms with Crippen LogP contribution in [-0.4, -0.2) is 40.4 Å². The Morgan fingerprint density at radius 1 is 0.868 bits per heavy atom. The first-order valence-electron chi connectivity index (χ1n) is 10.3. The van der Waals surface area contributed by atoms with Gasteiger partial charge in [0, 0.05) is 18.1 Å². The Kier molecular flexibility index (Phi) is 6.60. The summed E-state index contributed by atoms with van der Waals surface area (Å²) < 4.78 is 14.9. The molecule has 0 bridgehead atoms. The molecule has 0 spiro atoms. The van der Waals surface area contributed by atoms with E-state index in [1.165, 1.54) is 45.3 Å². The van der Waals surface area contributed by atoms with Gasteiger partial charge in [0.1, 0.15) is 48.4 Å². The number of aryl methyl sites for hydroxylation is 1. The summed E-state index contributed by atoms with van der Waals surface area (Å²) in [5.74, 6) is 0.853. The zero-order valence-electron chi connectivity index (χ0n) is 19.6. The number of aromatic nitrogens is 3. The van der Waals surface area contributed by atoms with E-state index in [0.29, 0.717) is 21.5 Å². The molecule has 15 heteroatoms. The van der Waals surface area contributed by atoms with Crippen LogP contribution in [0.25, 0.3) is 50.2 Å². The average molecular weight is 574 g/mol. The van der Waals surface area contributed by atoms with E-state index in [9.17, 15) is 0 Å². The van der Waals surface area contributed by atoms with E-state index in [-0.39, 0.29) is 11.7 Å². The highest BCUT2D eigenvalue weighted by atomic mass is 32.1. The van der Waals surface area contributed by atoms with Gasteiger partial charge in [-0.15, -0.1) is 34.0 Å². The maximum atomic E-state index is 9.03. The Balaban J connectivity index is 1.61. The molecule has 0 radical (unpaired) electrons. The van der Waals surface area contributed by atoms with Gasteiger partial charge in [0.15, 0.2) is 11.3 Å². The van der Waals surface area contributed by atoms with E-state index < -0.39 is 0 Å². The van der Waals surface area contributed by atoms with Crippen molar-refractivity contribution in [2.45, 2.75) is 0 Å². The predicted molar refractivity (Wildman–Crippen MR) is 150 cm³/mol. The molecule has 5 rings (SSSR count). The second-order valence-corrected chi connectivity index (χ2v) is 11.2. The van der Waals surface area contributed by atoms with Crippen molar-refractivity contribution in [2.24, 2.45) is 17.0 Å². The molecule has 0 fully saturated rings. The molecular weight excluding hydrogens is 563 g/mol. The Morgan fingerprint density at radius 2 is 1.34 bits per heavy atom. The van der Waals surface area contributed by atoms with Crippen LogP contribution in [0.1, 0.15) is 0 Å². The topological polar surface area (TPSA) is 130 Å². The fourth-order valence-electron chi connectivity index (χ4n) is 3.46. The zero-order chi connectivity index (χ0) is 27.0. The van der Waals surface area contributed by atoms with E-state index in [1.54, 1.807) is 38.5 Å². The van der Waals surface area contributed by atoms with Crippen molar-refractivity contribution >= 4 is 87.7 Å². The van der Waals surface area contributed by atoms with Crippen LogP contribution in [0.5, 0.6) is 11.5 Å². The van der Waals surface area contributed by atoms with Crippen molar-refractivity contribution in [3.63, 3.8) is 0 Å². The summed E-state index contributed by atoms with van der Waals surface area (Å²) in [6, 6.07) is 6.90. The monoisotopic (exact) mass is 573 g/mol. The van der Waals surface area contributed by atoms with Crippen molar-refractivity contribution in [1.82, 2.24) is 14.5 Å². The lowest BCUT2D eigenvalue weighted by molar-refractivity contribution is 0.418. The van der Waals surface area contributed by atoms with Crippen molar-refractivity contribution in [3.05, 3.63) is 35.0 Å². The van der Waals surface area contributed by atoms with E-state index in [1.807, 2.05) is 11.6 Å². The summed E-state index contributed by atoms with van der Waals surface area (Å²) >= 11 is 5.56. The molecule has 5 heterocycles. The first kappa shape index (κ1) is 25.0. The fourth-order valence-corrected chi connectivity index (χ4v) is 7.93. The van der Waals surface area contributed by atoms with Crippen LogP contribution in [0.4, 0.5) is 10.0 Å². The van der Waals surface area contributed by atoms with Gasteiger partial charge >= 0.3 is 5.96 Å². The lowest BCUT2D eigenvalue weighted by Crippen LogP contribution is -1.89. The SMILES string of the molecule is [C-]#[N+]C(=Nc1cc(OC)c(-c2nc3c(s2)c2sc(-c4sc(N=C(C#N)C#N)cc4OC)nc2n3C)s1)[N+]#[C-]. The number of thiophene rings is 2. The van der Waals surface area contributed by atoms with Crippen LogP contribution in [0, 0.1) is 35.8 Å². The molecule has 0 amide bonds. The number of hydrogen-bond donors (Lipinski definition) is 0. The smallest absolute Gasteiger partial charge is 0.495 e. The van der Waals surface area contributed by atoms with Crippen LogP contribution < -0.4 is 9.47 Å². The number of nitriles is 2. The van der Waals surface area contributed by atoms with Crippen molar-refractivity contribution < 1.29 is 9.47 Å². The summed E-state index contributed by atoms with van der Waals surface area (Å²) in [5.41, 5.74) is 1.30. The molecular formula is C23H11N9O2S4. The average Bonchev–Trinajstić information content (AvgIpc) is 3.74. The summed E-state index contributed by atoms with van der Waals surface area (Å²) in [5, 5.41) is 20.5. The number of ether oxygens (including phenoxy) is 2. The van der Waals surface area contributed by atoms with Crippen molar-refractivity contribution in [2.75, 3.05) is 14.2 Å². The maximum absolute atomic E-state index is 9.03. The highest BCUT2D eigenvalue weighted by Gasteiger charge is 2.25. The molecule has 0 aliphatic carbocycles. The summed E-state index contributed by atoms with van der Waals surface area (Å²) in [7, 11) is 4.99. The number of nitrogens with zero attached hydrogens (tertiary/aromatic N) is 9. The van der Waals surface area contributed by atoms with Gasteiger partial charge in [-0.3, -0.25) is 0 Å². The van der Waals surface area contributed by atoms with Crippen LogP contribution in [-0.2, 0) is 7.05 Å². The molecule has 0 aliphatic rings. The van der Waals surface area contributed by atoms with Gasteiger partial charge < -0.3 is 14.0 Å². The van der Waals surface area contributed by atoms with E-state index >= 15 is 0 Å². The second kappa shape index (κ2) is 10.0. The molecule has 0 N–H and O–H groups in total. The third-order valence-corrected chi connectivity index (χ3v) is 9.68. The second-order valence-electron chi connectivity index (χ2n) is 7.19. The lowest BCUT2D eigenvalue weighted by Gasteiger charge is -1.98. The van der Waals surface area contributed by atoms with Crippen molar-refractivity contribution in [1.29, 1.82) is 10.5 Å². The van der Waals surface area contributed by atoms with E-state index in [2.05, 4.69) is 19.7 Å². The van der Waals surface area contributed by atoms with Crippen LogP contribution in [0.3, 0.4) is 0 Å². The highest BCUT2D eigenvalue weighted by molar-refractivity contribution is 7.32. The van der Waals surface area contributed by atoms with Crippen molar-refractivity contribution in [3.8, 4) is 43.4 Å². The number of thiazole rings is 2. The van der Waals surface area contributed by atoms with Gasteiger partial charge in [0.05, 0.1) is 29.7 Å². The van der Waals surface area contributed by atoms with E-state index in [4.69, 9.17) is 43.1 Å². The third-order valence-electron chi connectivity index (χ3n) is 5.10. The Morgan fingerprint density at radius 3 is 1.76 bits per heavy atom. The number of fused-ring (bicyclic) bond motifs is 3. The number of hydrogen-bond acceptors (Lipinski definition) is 12. The molecule has 11 nitrogen and oxygen atoms in total. The van der Waals surface area contributed by atoms with Crippen LogP contribution >= 0.6 is 45.3 Å². The van der Waals surface area contributed by atoms with Crippen LogP contribution in [0.15, 0.2) is 22.1 Å². The van der Waals surface area contributed by atoms with Gasteiger partial charge in [-0.2, -0.15) is 10.5 Å². The minimum Gasteiger partial charge on any atom is -0.495 e. The van der Waals surface area contributed by atoms with Gasteiger partial charge in [0.2, 0.25) is 5.71 Å². The Labute approximate surface area is 231 Å². The molecule has 5 aromatic rings. The molecule has 0 atom stereocenters. The van der Waals surface area contributed by atoms with Gasteiger partial charge in [-0.25, -0.2) is 24.7 Å². The Hall–Kier alpha value is -4.64. The molecule has 0 aromatic carbocycles. The normalized spacial score (nSPS) is 10.4. The number of guanidine groups is 1. The number of rotatable bonds is 6. The van der Waals surface area contributed by atoms with Gasteiger partial charge in [0.25, 0.3) is 5.00 Å². The highest BCUT2D eigenvalue weighted by Crippen LogP contribution is 2.49. The third kappa shape index (κ3) is 4.16. The largest absolute Gasteiger partial charge is 0.635 e. The molecule has 0 aliphatic heterocycles. The zero-order valence-corrected chi connectivity index (χ0v) is 22.9. The fraction of sp³-hybridized carbons (Fsp3) is 0.130. The quantitative estimate of drug-likeness (QED) is 0.127. The molecule has 38 heavy (non-hydrogen) atoms. The molecule has 5 aromatic heterocycles. The van der Waals surface area contributed by atoms with Gasteiger partial charge in [-0.05, 0) is 13.1 Å². The minimum absolute atomic E-state index is 0.235. The minimum atomic E-state index is -0.266. The first-order valence-corrected chi connectivity index (χ1v) is 13.6. The number of methoxy groups -OCH3 is 2. The van der Waals surface area contributed by atoms with Gasteiger partial charge in [-0.1, -0.05) is 11.3 Å². The molecule has 184 valence electrons. The first-order chi connectivity index (χ1) is 18.4. The number of aliphatic imine (C=N–C) groups is 2.